The summed E-state index contributed by atoms with van der Waals surface area (Å²) in [5.74, 6) is 2.71. The summed E-state index contributed by atoms with van der Waals surface area (Å²) in [5.41, 5.74) is 2.11. The molecule has 2 saturated heterocycles. The lowest BCUT2D eigenvalue weighted by molar-refractivity contribution is -0.0525. The Morgan fingerprint density at radius 3 is 2.28 bits per heavy atom. The van der Waals surface area contributed by atoms with Gasteiger partial charge in [0.15, 0.2) is 7.37 Å². The standard InChI is InChI=1S/C29H42N3O3P/c1-19-12-20-14-21(13-19)16-24(15-20)31-22-6-5-7-23(31)18-25(17-22)32-28-9-4-3-8-26(28)30-27(29(32)33)10-11-36(2,34)35/h3-4,8-9,19-25H,5-7,10-18H2,1-2H3,(H,34,35)/t19?,20-,21+,22-,23+,24?,25?. The molecule has 7 heteroatoms. The SMILES string of the molecule is CC1C[C@@H]2CC(N3[C@@H]4CCC[C@H]3CC(n3c(=O)c(CCP(C)(=O)O)nc5ccccc53)C4)C[C@H](C1)C2. The smallest absolute Gasteiger partial charge is 0.273 e. The highest BCUT2D eigenvalue weighted by Crippen LogP contribution is 2.48. The first-order chi connectivity index (χ1) is 17.2. The first-order valence-corrected chi connectivity index (χ1v) is 16.6. The molecule has 2 aliphatic carbocycles. The van der Waals surface area contributed by atoms with Crippen molar-refractivity contribution in [2.24, 2.45) is 17.8 Å². The molecule has 0 spiro atoms. The van der Waals surface area contributed by atoms with Gasteiger partial charge >= 0.3 is 0 Å². The largest absolute Gasteiger partial charge is 0.344 e. The molecule has 196 valence electrons. The average Bonchev–Trinajstić information content (AvgIpc) is 2.80. The molecule has 6 rings (SSSR count). The Balaban J connectivity index is 1.30. The second-order valence-electron chi connectivity index (χ2n) is 12.7. The number of aromatic nitrogens is 2. The summed E-state index contributed by atoms with van der Waals surface area (Å²) < 4.78 is 14.0. The van der Waals surface area contributed by atoms with E-state index in [9.17, 15) is 14.3 Å². The van der Waals surface area contributed by atoms with E-state index in [1.807, 2.05) is 28.8 Å². The van der Waals surface area contributed by atoms with Crippen LogP contribution in [-0.2, 0) is 11.0 Å². The lowest BCUT2D eigenvalue weighted by atomic mass is 9.65. The lowest BCUT2D eigenvalue weighted by Crippen LogP contribution is -2.59. The molecule has 0 amide bonds. The van der Waals surface area contributed by atoms with Crippen molar-refractivity contribution in [2.45, 2.75) is 102 Å². The molecule has 4 aliphatic rings. The van der Waals surface area contributed by atoms with E-state index in [2.05, 4.69) is 16.8 Å². The van der Waals surface area contributed by atoms with Crippen LogP contribution in [0.2, 0.25) is 0 Å². The van der Waals surface area contributed by atoms with Gasteiger partial charge in [-0.3, -0.25) is 14.3 Å². The lowest BCUT2D eigenvalue weighted by Gasteiger charge is -2.55. The number of piperidine rings is 2. The van der Waals surface area contributed by atoms with Gasteiger partial charge in [-0.2, -0.15) is 0 Å². The molecule has 1 aromatic heterocycles. The van der Waals surface area contributed by atoms with Gasteiger partial charge in [0.25, 0.3) is 5.56 Å². The molecule has 4 unspecified atom stereocenters. The number of para-hydroxylation sites is 2. The number of nitrogens with zero attached hydrogens (tertiary/aromatic N) is 3. The molecular weight excluding hydrogens is 469 g/mol. The highest BCUT2D eigenvalue weighted by Gasteiger charge is 2.46. The molecule has 2 saturated carbocycles. The minimum Gasteiger partial charge on any atom is -0.344 e. The van der Waals surface area contributed by atoms with Crippen LogP contribution in [0.3, 0.4) is 0 Å². The van der Waals surface area contributed by atoms with E-state index in [0.29, 0.717) is 17.8 Å². The Morgan fingerprint density at radius 2 is 1.61 bits per heavy atom. The maximum absolute atomic E-state index is 13.8. The van der Waals surface area contributed by atoms with Crippen LogP contribution in [-0.4, -0.2) is 50.3 Å². The number of fused-ring (bicyclic) bond motifs is 5. The third kappa shape index (κ3) is 4.86. The van der Waals surface area contributed by atoms with Crippen LogP contribution in [0.15, 0.2) is 29.1 Å². The van der Waals surface area contributed by atoms with E-state index in [0.717, 1.165) is 47.7 Å². The number of hydrogen-bond donors (Lipinski definition) is 1. The van der Waals surface area contributed by atoms with Crippen LogP contribution in [0.25, 0.3) is 11.0 Å². The predicted molar refractivity (Wildman–Crippen MR) is 145 cm³/mol. The van der Waals surface area contributed by atoms with Crippen LogP contribution < -0.4 is 5.56 Å². The van der Waals surface area contributed by atoms with Crippen molar-refractivity contribution in [2.75, 3.05) is 12.8 Å². The summed E-state index contributed by atoms with van der Waals surface area (Å²) in [6, 6.07) is 9.95. The van der Waals surface area contributed by atoms with E-state index >= 15 is 0 Å². The van der Waals surface area contributed by atoms with E-state index < -0.39 is 7.37 Å². The molecule has 8 atom stereocenters. The normalized spacial score (nSPS) is 36.5. The fourth-order valence-electron chi connectivity index (χ4n) is 8.63. The molecule has 1 aromatic carbocycles. The maximum atomic E-state index is 13.8. The summed E-state index contributed by atoms with van der Waals surface area (Å²) in [6.45, 7) is 3.81. The Labute approximate surface area is 214 Å². The van der Waals surface area contributed by atoms with E-state index in [-0.39, 0.29) is 24.2 Å². The topological polar surface area (TPSA) is 75.4 Å². The summed E-state index contributed by atoms with van der Waals surface area (Å²) in [4.78, 5) is 31.2. The number of aryl methyl sites for hydroxylation is 1. The van der Waals surface area contributed by atoms with Crippen molar-refractivity contribution < 1.29 is 9.46 Å². The summed E-state index contributed by atoms with van der Waals surface area (Å²) in [6.07, 6.45) is 13.2. The van der Waals surface area contributed by atoms with Crippen molar-refractivity contribution in [3.63, 3.8) is 0 Å². The fourth-order valence-corrected chi connectivity index (χ4v) is 9.26. The third-order valence-electron chi connectivity index (χ3n) is 9.77. The number of benzene rings is 1. The maximum Gasteiger partial charge on any atom is 0.273 e. The quantitative estimate of drug-likeness (QED) is 0.528. The van der Waals surface area contributed by atoms with Crippen LogP contribution >= 0.6 is 7.37 Å². The van der Waals surface area contributed by atoms with Crippen molar-refractivity contribution in [1.29, 1.82) is 0 Å². The molecule has 0 radical (unpaired) electrons. The average molecular weight is 512 g/mol. The molecule has 2 aromatic rings. The van der Waals surface area contributed by atoms with Gasteiger partial charge in [0.2, 0.25) is 0 Å². The van der Waals surface area contributed by atoms with E-state index in [1.54, 1.807) is 0 Å². The molecular formula is C29H42N3O3P. The van der Waals surface area contributed by atoms with E-state index in [4.69, 9.17) is 0 Å². The van der Waals surface area contributed by atoms with Gasteiger partial charge in [0.1, 0.15) is 5.69 Å². The molecule has 1 N–H and O–H groups in total. The predicted octanol–water partition coefficient (Wildman–Crippen LogP) is 5.61. The van der Waals surface area contributed by atoms with Crippen molar-refractivity contribution in [3.8, 4) is 0 Å². The van der Waals surface area contributed by atoms with Crippen LogP contribution in [0.5, 0.6) is 0 Å². The Kier molecular flexibility index (Phi) is 6.67. The first-order valence-electron chi connectivity index (χ1n) is 14.3. The second kappa shape index (κ2) is 9.67. The van der Waals surface area contributed by atoms with Gasteiger partial charge in [-0.1, -0.05) is 25.5 Å². The monoisotopic (exact) mass is 511 g/mol. The Morgan fingerprint density at radius 1 is 0.944 bits per heavy atom. The number of hydrogen-bond acceptors (Lipinski definition) is 4. The zero-order chi connectivity index (χ0) is 25.0. The van der Waals surface area contributed by atoms with Gasteiger partial charge in [0, 0.05) is 43.4 Å². The minimum atomic E-state index is -3.21. The summed E-state index contributed by atoms with van der Waals surface area (Å²) >= 11 is 0. The van der Waals surface area contributed by atoms with Gasteiger partial charge in [0.05, 0.1) is 11.0 Å². The third-order valence-corrected chi connectivity index (χ3v) is 10.8. The summed E-state index contributed by atoms with van der Waals surface area (Å²) in [7, 11) is -3.21. The summed E-state index contributed by atoms with van der Waals surface area (Å²) in [5, 5.41) is 0. The molecule has 2 aliphatic heterocycles. The molecule has 4 fully saturated rings. The second-order valence-corrected chi connectivity index (χ2v) is 15.3. The number of rotatable bonds is 5. The van der Waals surface area contributed by atoms with Crippen molar-refractivity contribution in [3.05, 3.63) is 40.3 Å². The Hall–Kier alpha value is -1.49. The van der Waals surface area contributed by atoms with Gasteiger partial charge < -0.3 is 9.46 Å². The van der Waals surface area contributed by atoms with Gasteiger partial charge in [-0.15, -0.1) is 0 Å². The van der Waals surface area contributed by atoms with E-state index in [1.165, 1.54) is 58.0 Å². The highest BCUT2D eigenvalue weighted by molar-refractivity contribution is 7.57. The van der Waals surface area contributed by atoms with Gasteiger partial charge in [-0.05, 0) is 87.7 Å². The molecule has 3 heterocycles. The van der Waals surface area contributed by atoms with Gasteiger partial charge in [-0.25, -0.2) is 4.98 Å². The van der Waals surface area contributed by atoms with Crippen LogP contribution in [0.4, 0.5) is 0 Å². The highest BCUT2D eigenvalue weighted by atomic mass is 31.2. The molecule has 4 bridgehead atoms. The zero-order valence-electron chi connectivity index (χ0n) is 21.9. The van der Waals surface area contributed by atoms with Crippen molar-refractivity contribution >= 4 is 18.4 Å². The molecule has 6 nitrogen and oxygen atoms in total. The fraction of sp³-hybridized carbons (Fsp3) is 0.724. The Bertz CT molecular complexity index is 1190. The first kappa shape index (κ1) is 24.8. The molecule has 36 heavy (non-hydrogen) atoms. The minimum absolute atomic E-state index is 0.0557. The van der Waals surface area contributed by atoms with Crippen molar-refractivity contribution in [1.82, 2.24) is 14.5 Å². The van der Waals surface area contributed by atoms with Crippen LogP contribution in [0.1, 0.15) is 82.9 Å². The zero-order valence-corrected chi connectivity index (χ0v) is 22.8. The van der Waals surface area contributed by atoms with Crippen LogP contribution in [0, 0.1) is 17.8 Å².